The molecule has 0 fully saturated rings. The molecule has 0 aromatic rings. The van der Waals surface area contributed by atoms with Gasteiger partial charge in [-0.1, -0.05) is 48.2 Å². The van der Waals surface area contributed by atoms with Crippen molar-refractivity contribution in [2.75, 3.05) is 5.33 Å². The Balaban J connectivity index is 3.40. The Bertz CT molecular complexity index is 167. The first-order valence-corrected chi connectivity index (χ1v) is 5.62. The molecule has 12 heavy (non-hydrogen) atoms. The van der Waals surface area contributed by atoms with Crippen LogP contribution in [0.5, 0.6) is 0 Å². The van der Waals surface area contributed by atoms with Crippen molar-refractivity contribution in [1.29, 1.82) is 5.26 Å². The highest BCUT2D eigenvalue weighted by molar-refractivity contribution is 9.09. The van der Waals surface area contributed by atoms with Crippen LogP contribution in [0.2, 0.25) is 0 Å². The third-order valence-electron chi connectivity index (χ3n) is 1.74. The summed E-state index contributed by atoms with van der Waals surface area (Å²) in [6, 6.07) is 2.16. The molecule has 0 aliphatic rings. The van der Waals surface area contributed by atoms with Gasteiger partial charge in [0.2, 0.25) is 0 Å². The molecule has 0 spiro atoms. The second-order valence-corrected chi connectivity index (χ2v) is 3.38. The van der Waals surface area contributed by atoms with Crippen LogP contribution >= 0.6 is 15.9 Å². The molecule has 0 saturated carbocycles. The van der Waals surface area contributed by atoms with Gasteiger partial charge in [0.25, 0.3) is 0 Å². The summed E-state index contributed by atoms with van der Waals surface area (Å²) in [5, 5.41) is 9.27. The molecule has 0 aromatic carbocycles. The summed E-state index contributed by atoms with van der Waals surface area (Å²) in [6.45, 7) is 2.20. The van der Waals surface area contributed by atoms with E-state index in [0.29, 0.717) is 5.33 Å². The molecule has 2 heteroatoms. The van der Waals surface area contributed by atoms with Crippen LogP contribution < -0.4 is 0 Å². The number of alkyl halides is 1. The van der Waals surface area contributed by atoms with Crippen molar-refractivity contribution in [3.05, 3.63) is 11.6 Å². The van der Waals surface area contributed by atoms with Crippen LogP contribution in [0.1, 0.15) is 39.0 Å². The molecule has 1 nitrogen and oxygen atoms in total. The van der Waals surface area contributed by atoms with Gasteiger partial charge in [0.05, 0.1) is 6.07 Å². The van der Waals surface area contributed by atoms with Crippen molar-refractivity contribution in [3.63, 3.8) is 0 Å². The molecule has 0 aliphatic carbocycles. The van der Waals surface area contributed by atoms with Gasteiger partial charge in [-0.25, -0.2) is 0 Å². The van der Waals surface area contributed by atoms with Gasteiger partial charge in [0.1, 0.15) is 0 Å². The number of hydrogen-bond donors (Lipinski definition) is 0. The predicted octanol–water partition coefficient (Wildman–Crippen LogP) is 3.80. The van der Waals surface area contributed by atoms with Gasteiger partial charge in [-0.3, -0.25) is 0 Å². The average Bonchev–Trinajstić information content (AvgIpc) is 2.11. The largest absolute Gasteiger partial charge is 0.193 e. The second kappa shape index (κ2) is 8.80. The van der Waals surface area contributed by atoms with Crippen LogP contribution in [-0.2, 0) is 0 Å². The molecule has 0 aliphatic heterocycles. The van der Waals surface area contributed by atoms with Gasteiger partial charge in [0.15, 0.2) is 0 Å². The summed E-state index contributed by atoms with van der Waals surface area (Å²) >= 11 is 3.27. The summed E-state index contributed by atoms with van der Waals surface area (Å²) in [5.41, 5.74) is 0.853. The van der Waals surface area contributed by atoms with Crippen molar-refractivity contribution >= 4 is 15.9 Å². The molecule has 0 heterocycles. The van der Waals surface area contributed by atoms with Crippen LogP contribution in [-0.4, -0.2) is 5.33 Å². The standard InChI is InChI=1S/C10H16BrN/c1-2-3-4-5-6-7-10(8-11)9-12/h7H,2-6,8H2,1H3/b10-7+. The van der Waals surface area contributed by atoms with E-state index >= 15 is 0 Å². The highest BCUT2D eigenvalue weighted by Gasteiger charge is 1.90. The molecule has 0 atom stereocenters. The van der Waals surface area contributed by atoms with Gasteiger partial charge < -0.3 is 0 Å². The fraction of sp³-hybridized carbons (Fsp3) is 0.700. The first-order valence-electron chi connectivity index (χ1n) is 4.50. The topological polar surface area (TPSA) is 23.8 Å². The lowest BCUT2D eigenvalue weighted by Gasteiger charge is -1.94. The van der Waals surface area contributed by atoms with Gasteiger partial charge in [-0.15, -0.1) is 0 Å². The smallest absolute Gasteiger partial charge is 0.0952 e. The monoisotopic (exact) mass is 229 g/mol. The van der Waals surface area contributed by atoms with E-state index in [1.54, 1.807) is 0 Å². The third-order valence-corrected chi connectivity index (χ3v) is 2.34. The van der Waals surface area contributed by atoms with Crippen molar-refractivity contribution in [2.24, 2.45) is 0 Å². The summed E-state index contributed by atoms with van der Waals surface area (Å²) in [7, 11) is 0. The average molecular weight is 230 g/mol. The number of rotatable bonds is 6. The minimum atomic E-state index is 0.692. The van der Waals surface area contributed by atoms with E-state index in [4.69, 9.17) is 5.26 Å². The Morgan fingerprint density at radius 3 is 2.67 bits per heavy atom. The van der Waals surface area contributed by atoms with Crippen molar-refractivity contribution in [3.8, 4) is 6.07 Å². The van der Waals surface area contributed by atoms with E-state index in [-0.39, 0.29) is 0 Å². The summed E-state index contributed by atoms with van der Waals surface area (Å²) in [5.74, 6) is 0. The van der Waals surface area contributed by atoms with Gasteiger partial charge >= 0.3 is 0 Å². The normalized spacial score (nSPS) is 11.2. The van der Waals surface area contributed by atoms with Crippen molar-refractivity contribution < 1.29 is 0 Å². The van der Waals surface area contributed by atoms with Crippen LogP contribution in [0.15, 0.2) is 11.6 Å². The zero-order chi connectivity index (χ0) is 9.23. The number of halogens is 1. The van der Waals surface area contributed by atoms with E-state index < -0.39 is 0 Å². The second-order valence-electron chi connectivity index (χ2n) is 2.82. The van der Waals surface area contributed by atoms with Crippen molar-refractivity contribution in [1.82, 2.24) is 0 Å². The fourth-order valence-electron chi connectivity index (χ4n) is 0.977. The van der Waals surface area contributed by atoms with Gasteiger partial charge in [0, 0.05) is 10.9 Å². The maximum absolute atomic E-state index is 8.58. The molecular weight excluding hydrogens is 214 g/mol. The predicted molar refractivity (Wildman–Crippen MR) is 56.2 cm³/mol. The van der Waals surface area contributed by atoms with Crippen LogP contribution in [0.4, 0.5) is 0 Å². The van der Waals surface area contributed by atoms with E-state index in [1.807, 2.05) is 6.08 Å². The lowest BCUT2D eigenvalue weighted by Crippen LogP contribution is -1.80. The molecule has 0 saturated heterocycles. The molecule has 0 amide bonds. The number of unbranched alkanes of at least 4 members (excludes halogenated alkanes) is 4. The lowest BCUT2D eigenvalue weighted by molar-refractivity contribution is 0.674. The Morgan fingerprint density at radius 1 is 1.42 bits per heavy atom. The van der Waals surface area contributed by atoms with E-state index in [1.165, 1.54) is 25.7 Å². The maximum atomic E-state index is 8.58. The molecule has 68 valence electrons. The zero-order valence-electron chi connectivity index (χ0n) is 7.65. The van der Waals surface area contributed by atoms with Crippen LogP contribution in [0, 0.1) is 11.3 Å². The molecule has 0 aromatic heterocycles. The van der Waals surface area contributed by atoms with Crippen molar-refractivity contribution in [2.45, 2.75) is 39.0 Å². The number of nitriles is 1. The molecule has 0 radical (unpaired) electrons. The number of allylic oxidation sites excluding steroid dienone is 2. The Morgan fingerprint density at radius 2 is 2.17 bits per heavy atom. The first-order chi connectivity index (χ1) is 5.85. The quantitative estimate of drug-likeness (QED) is 0.386. The van der Waals surface area contributed by atoms with Gasteiger partial charge in [-0.2, -0.15) is 5.26 Å². The van der Waals surface area contributed by atoms with E-state index in [2.05, 4.69) is 28.9 Å². The summed E-state index contributed by atoms with van der Waals surface area (Å²) in [6.07, 6.45) is 8.16. The van der Waals surface area contributed by atoms with Gasteiger partial charge in [-0.05, 0) is 12.8 Å². The molecule has 0 rings (SSSR count). The fourth-order valence-corrected chi connectivity index (χ4v) is 1.33. The first kappa shape index (κ1) is 11.7. The Kier molecular flexibility index (Phi) is 8.59. The molecule has 0 bridgehead atoms. The summed E-state index contributed by atoms with van der Waals surface area (Å²) in [4.78, 5) is 0. The molecule has 0 unspecified atom stereocenters. The SMILES string of the molecule is CCCCCC/C=C(/C#N)CBr. The lowest BCUT2D eigenvalue weighted by atomic mass is 10.1. The number of hydrogen-bond acceptors (Lipinski definition) is 1. The number of nitrogens with zero attached hydrogens (tertiary/aromatic N) is 1. The molecular formula is C10H16BrN. The van der Waals surface area contributed by atoms with E-state index in [9.17, 15) is 0 Å². The minimum absolute atomic E-state index is 0.692. The Labute approximate surface area is 83.6 Å². The highest BCUT2D eigenvalue weighted by atomic mass is 79.9. The summed E-state index contributed by atoms with van der Waals surface area (Å²) < 4.78 is 0. The molecule has 0 N–H and O–H groups in total. The minimum Gasteiger partial charge on any atom is -0.193 e. The van der Waals surface area contributed by atoms with Crippen LogP contribution in [0.3, 0.4) is 0 Å². The van der Waals surface area contributed by atoms with E-state index in [0.717, 1.165) is 12.0 Å². The Hall–Kier alpha value is -0.290. The zero-order valence-corrected chi connectivity index (χ0v) is 9.23. The highest BCUT2D eigenvalue weighted by Crippen LogP contribution is 2.06. The van der Waals surface area contributed by atoms with Crippen LogP contribution in [0.25, 0.3) is 0 Å². The maximum Gasteiger partial charge on any atom is 0.0952 e. The third kappa shape index (κ3) is 6.42.